The van der Waals surface area contributed by atoms with Crippen molar-refractivity contribution < 1.29 is 4.21 Å². The molecule has 0 aromatic heterocycles. The van der Waals surface area contributed by atoms with E-state index in [1.165, 1.54) is 0 Å². The smallest absolute Gasteiger partial charge is 0.0614 e. The Morgan fingerprint density at radius 1 is 1.09 bits per heavy atom. The summed E-state index contributed by atoms with van der Waals surface area (Å²) < 4.78 is 12.4. The first-order chi connectivity index (χ1) is 5.06. The van der Waals surface area contributed by atoms with Gasteiger partial charge in [0.25, 0.3) is 0 Å². The van der Waals surface area contributed by atoms with Crippen LogP contribution in [0.5, 0.6) is 0 Å². The Hall–Kier alpha value is -0.0200. The largest absolute Gasteiger partial charge is 0.590 e. The molecular weight excluding hydrogens is 158 g/mol. The van der Waals surface area contributed by atoms with E-state index in [1.54, 1.807) is 0 Å². The molecule has 0 spiro atoms. The Bertz CT molecular complexity index is 105. The second-order valence-electron chi connectivity index (χ2n) is 3.71. The van der Waals surface area contributed by atoms with Crippen molar-refractivity contribution in [1.82, 2.24) is 4.31 Å². The quantitative estimate of drug-likeness (QED) is 0.463. The molecule has 0 bridgehead atoms. The van der Waals surface area contributed by atoms with Crippen molar-refractivity contribution >= 4 is 11.9 Å². The van der Waals surface area contributed by atoms with Gasteiger partial charge < -0.3 is 0 Å². The van der Waals surface area contributed by atoms with Crippen LogP contribution in [0.3, 0.4) is 0 Å². The highest BCUT2D eigenvalue weighted by atomic mass is 32.2. The maximum atomic E-state index is 10.5. The van der Waals surface area contributed by atoms with Crippen LogP contribution < -0.4 is 0 Å². The van der Waals surface area contributed by atoms with E-state index < -0.39 is 0 Å². The van der Waals surface area contributed by atoms with Gasteiger partial charge in [0.2, 0.25) is 0 Å². The highest BCUT2D eigenvalue weighted by Crippen LogP contribution is 2.01. The Labute approximate surface area is 73.6 Å². The van der Waals surface area contributed by atoms with Gasteiger partial charge in [-0.25, -0.2) is 0 Å². The van der Waals surface area contributed by atoms with E-state index in [0.717, 1.165) is 13.1 Å². The van der Waals surface area contributed by atoms with Crippen LogP contribution in [0.1, 0.15) is 27.7 Å². The zero-order valence-corrected chi connectivity index (χ0v) is 8.65. The summed E-state index contributed by atoms with van der Waals surface area (Å²) in [4.78, 5) is 0. The molecule has 0 saturated heterocycles. The summed E-state index contributed by atoms with van der Waals surface area (Å²) in [6, 6.07) is 0. The molecule has 0 saturated carbocycles. The Morgan fingerprint density at radius 2 is 1.45 bits per heavy atom. The Morgan fingerprint density at radius 3 is 1.64 bits per heavy atom. The zero-order valence-electron chi connectivity index (χ0n) is 7.83. The third-order valence-electron chi connectivity index (χ3n) is 1.24. The van der Waals surface area contributed by atoms with Crippen molar-refractivity contribution in [2.45, 2.75) is 27.7 Å². The molecule has 2 nitrogen and oxygen atoms in total. The van der Waals surface area contributed by atoms with Crippen molar-refractivity contribution in [2.24, 2.45) is 11.8 Å². The molecule has 3 heteroatoms. The van der Waals surface area contributed by atoms with Gasteiger partial charge >= 0.3 is 11.9 Å². The molecule has 0 aliphatic carbocycles. The normalized spacial score (nSPS) is 11.5. The van der Waals surface area contributed by atoms with Gasteiger partial charge in [0.15, 0.2) is 0 Å². The van der Waals surface area contributed by atoms with Crippen molar-refractivity contribution in [2.75, 3.05) is 13.1 Å². The first-order valence-corrected chi connectivity index (χ1v) is 4.81. The predicted octanol–water partition coefficient (Wildman–Crippen LogP) is 1.94. The maximum Gasteiger partial charge on any atom is 0.590 e. The first kappa shape index (κ1) is 11.0. The highest BCUT2D eigenvalue weighted by Gasteiger charge is 2.19. The van der Waals surface area contributed by atoms with E-state index in [9.17, 15) is 4.21 Å². The molecule has 0 radical (unpaired) electrons. The fraction of sp³-hybridized carbons (Fsp3) is 1.00. The minimum absolute atomic E-state index is 0.579. The summed E-state index contributed by atoms with van der Waals surface area (Å²) >= 11 is 0.610. The van der Waals surface area contributed by atoms with Crippen LogP contribution in [-0.2, 0) is 16.1 Å². The monoisotopic (exact) mass is 176 g/mol. The molecule has 0 aliphatic rings. The second-order valence-corrected chi connectivity index (χ2v) is 4.37. The fourth-order valence-corrected chi connectivity index (χ4v) is 1.67. The molecule has 0 aromatic rings. The van der Waals surface area contributed by atoms with Gasteiger partial charge in [0.1, 0.15) is 0 Å². The van der Waals surface area contributed by atoms with Crippen molar-refractivity contribution in [3.05, 3.63) is 0 Å². The SMILES string of the molecule is CC(C)CN(CC(C)C)[S+]=O. The lowest BCUT2D eigenvalue weighted by molar-refractivity contribution is 0.353. The van der Waals surface area contributed by atoms with Gasteiger partial charge in [-0.05, 0) is 16.1 Å². The summed E-state index contributed by atoms with van der Waals surface area (Å²) in [5, 5.41) is 0. The maximum absolute atomic E-state index is 10.5. The molecule has 0 unspecified atom stereocenters. The van der Waals surface area contributed by atoms with E-state index in [-0.39, 0.29) is 0 Å². The van der Waals surface area contributed by atoms with Crippen LogP contribution in [0.4, 0.5) is 0 Å². The van der Waals surface area contributed by atoms with Crippen molar-refractivity contribution in [1.29, 1.82) is 0 Å². The summed E-state index contributed by atoms with van der Waals surface area (Å²) in [5.74, 6) is 1.16. The van der Waals surface area contributed by atoms with Gasteiger partial charge in [0.05, 0.1) is 17.3 Å². The molecule has 0 heterocycles. The average molecular weight is 176 g/mol. The van der Waals surface area contributed by atoms with Crippen LogP contribution in [0.2, 0.25) is 0 Å². The number of rotatable bonds is 5. The fourth-order valence-electron chi connectivity index (χ4n) is 0.950. The molecule has 0 N–H and O–H groups in total. The second kappa shape index (κ2) is 5.61. The summed E-state index contributed by atoms with van der Waals surface area (Å²) in [6.45, 7) is 10.3. The zero-order chi connectivity index (χ0) is 8.85. The molecule has 0 amide bonds. The van der Waals surface area contributed by atoms with Crippen LogP contribution >= 0.6 is 0 Å². The lowest BCUT2D eigenvalue weighted by Crippen LogP contribution is -2.27. The summed E-state index contributed by atoms with van der Waals surface area (Å²) in [5.41, 5.74) is 0. The number of hydrogen-bond acceptors (Lipinski definition) is 1. The molecule has 0 rings (SSSR count). The third-order valence-corrected chi connectivity index (χ3v) is 1.75. The first-order valence-electron chi connectivity index (χ1n) is 4.11. The molecule has 0 atom stereocenters. The molecule has 0 aliphatic heterocycles. The van der Waals surface area contributed by atoms with E-state index in [2.05, 4.69) is 27.7 Å². The van der Waals surface area contributed by atoms with E-state index in [0.29, 0.717) is 23.7 Å². The number of hydrogen-bond donors (Lipinski definition) is 0. The van der Waals surface area contributed by atoms with Crippen molar-refractivity contribution in [3.8, 4) is 0 Å². The molecule has 11 heavy (non-hydrogen) atoms. The van der Waals surface area contributed by atoms with Crippen LogP contribution in [0.15, 0.2) is 0 Å². The van der Waals surface area contributed by atoms with E-state index >= 15 is 0 Å². The molecule has 0 aromatic carbocycles. The van der Waals surface area contributed by atoms with Crippen molar-refractivity contribution in [3.63, 3.8) is 0 Å². The highest BCUT2D eigenvalue weighted by molar-refractivity contribution is 7.62. The lowest BCUT2D eigenvalue weighted by Gasteiger charge is -2.08. The van der Waals surface area contributed by atoms with E-state index in [1.807, 2.05) is 4.31 Å². The standard InChI is InChI=1S/C8H18NOS/c1-7(2)5-9(11-10)6-8(3)4/h7-8H,5-6H2,1-4H3/q+1. The molecule has 0 fully saturated rings. The van der Waals surface area contributed by atoms with Crippen LogP contribution in [0.25, 0.3) is 0 Å². The average Bonchev–Trinajstić information content (AvgIpc) is 1.84. The summed E-state index contributed by atoms with van der Waals surface area (Å²) in [7, 11) is 0. The third kappa shape index (κ3) is 6.38. The summed E-state index contributed by atoms with van der Waals surface area (Å²) in [6.07, 6.45) is 0. The topological polar surface area (TPSA) is 20.3 Å². The van der Waals surface area contributed by atoms with Gasteiger partial charge in [0, 0.05) is 0 Å². The van der Waals surface area contributed by atoms with Crippen LogP contribution in [0, 0.1) is 11.8 Å². The number of nitrogens with zero attached hydrogens (tertiary/aromatic N) is 1. The minimum Gasteiger partial charge on any atom is -0.0614 e. The van der Waals surface area contributed by atoms with Gasteiger partial charge in [-0.1, -0.05) is 27.7 Å². The van der Waals surface area contributed by atoms with Gasteiger partial charge in [-0.2, -0.15) is 0 Å². The Balaban J connectivity index is 3.67. The minimum atomic E-state index is 0.579. The van der Waals surface area contributed by atoms with E-state index in [4.69, 9.17) is 0 Å². The van der Waals surface area contributed by atoms with Crippen LogP contribution in [-0.4, -0.2) is 17.4 Å². The molecular formula is C8H18NOS+. The Kier molecular flexibility index (Phi) is 5.60. The predicted molar refractivity (Wildman–Crippen MR) is 49.3 cm³/mol. The van der Waals surface area contributed by atoms with Gasteiger partial charge in [-0.3, -0.25) is 0 Å². The molecule has 66 valence electrons. The van der Waals surface area contributed by atoms with Gasteiger partial charge in [-0.15, -0.1) is 0 Å². The lowest BCUT2D eigenvalue weighted by atomic mass is 10.2.